The van der Waals surface area contributed by atoms with Crippen molar-refractivity contribution in [2.75, 3.05) is 34.0 Å². The smallest absolute Gasteiger partial charge is 0.120 e. The van der Waals surface area contributed by atoms with Gasteiger partial charge in [0.25, 0.3) is 0 Å². The van der Waals surface area contributed by atoms with Crippen LogP contribution < -0.4 is 4.74 Å². The Hall–Kier alpha value is -1.10. The van der Waals surface area contributed by atoms with Gasteiger partial charge in [-0.25, -0.2) is 0 Å². The Morgan fingerprint density at radius 3 is 2.29 bits per heavy atom. The molecule has 0 atom stereocenters. The summed E-state index contributed by atoms with van der Waals surface area (Å²) in [5.41, 5.74) is 1.96. The Balaban J connectivity index is 2.67. The molecule has 0 saturated heterocycles. The van der Waals surface area contributed by atoms with Crippen LogP contribution in [0.3, 0.4) is 0 Å². The molecule has 1 aromatic rings. The fourth-order valence-electron chi connectivity index (χ4n) is 1.51. The van der Waals surface area contributed by atoms with Crippen LogP contribution in [-0.2, 0) is 22.5 Å². The first-order valence-corrected chi connectivity index (χ1v) is 5.64. The van der Waals surface area contributed by atoms with E-state index < -0.39 is 0 Å². The second-order valence-electron chi connectivity index (χ2n) is 3.73. The molecular formula is C13H20O4. The molecule has 0 aromatic heterocycles. The minimum atomic E-state index is 0.0153. The molecule has 96 valence electrons. The van der Waals surface area contributed by atoms with Gasteiger partial charge in [-0.15, -0.1) is 0 Å². The monoisotopic (exact) mass is 240 g/mol. The third-order valence-corrected chi connectivity index (χ3v) is 2.36. The van der Waals surface area contributed by atoms with Crippen molar-refractivity contribution in [3.63, 3.8) is 0 Å². The maximum atomic E-state index is 9.17. The van der Waals surface area contributed by atoms with Crippen LogP contribution in [0, 0.1) is 0 Å². The Kier molecular flexibility index (Phi) is 6.62. The fraction of sp³-hybridized carbons (Fsp3) is 0.538. The molecule has 0 bridgehead atoms. The highest BCUT2D eigenvalue weighted by atomic mass is 16.5. The number of aliphatic hydroxyl groups excluding tert-OH is 1. The first kappa shape index (κ1) is 14.0. The molecule has 17 heavy (non-hydrogen) atoms. The largest absolute Gasteiger partial charge is 0.491 e. The van der Waals surface area contributed by atoms with Crippen LogP contribution in [0.2, 0.25) is 0 Å². The molecular weight excluding hydrogens is 220 g/mol. The number of benzene rings is 1. The first-order valence-electron chi connectivity index (χ1n) is 5.64. The standard InChI is InChI=1S/C13H20O4/c1-15-4-3-11-7-12(10-14)9-13(8-11)17-6-5-16-2/h7-9,14H,3-6,10H2,1-2H3. The highest BCUT2D eigenvalue weighted by Gasteiger charge is 2.02. The van der Waals surface area contributed by atoms with E-state index in [-0.39, 0.29) is 6.61 Å². The molecule has 0 heterocycles. The van der Waals surface area contributed by atoms with Crippen LogP contribution in [0.1, 0.15) is 11.1 Å². The van der Waals surface area contributed by atoms with E-state index in [0.717, 1.165) is 23.3 Å². The van der Waals surface area contributed by atoms with Crippen LogP contribution >= 0.6 is 0 Å². The molecule has 1 aromatic carbocycles. The molecule has 0 amide bonds. The second kappa shape index (κ2) is 8.06. The van der Waals surface area contributed by atoms with Crippen LogP contribution in [0.5, 0.6) is 5.75 Å². The van der Waals surface area contributed by atoms with E-state index in [0.29, 0.717) is 19.8 Å². The third kappa shape index (κ3) is 5.17. The van der Waals surface area contributed by atoms with Gasteiger partial charge in [-0.3, -0.25) is 0 Å². The van der Waals surface area contributed by atoms with Gasteiger partial charge >= 0.3 is 0 Å². The van der Waals surface area contributed by atoms with E-state index in [1.165, 1.54) is 0 Å². The Morgan fingerprint density at radius 1 is 0.941 bits per heavy atom. The molecule has 0 aliphatic heterocycles. The van der Waals surface area contributed by atoms with Gasteiger partial charge in [-0.05, 0) is 29.7 Å². The zero-order chi connectivity index (χ0) is 12.5. The van der Waals surface area contributed by atoms with E-state index in [2.05, 4.69) is 0 Å². The minimum absolute atomic E-state index is 0.0153. The molecule has 0 aliphatic rings. The summed E-state index contributed by atoms with van der Waals surface area (Å²) in [5.74, 6) is 0.764. The normalized spacial score (nSPS) is 10.5. The van der Waals surface area contributed by atoms with Crippen LogP contribution in [-0.4, -0.2) is 39.1 Å². The molecule has 0 fully saturated rings. The summed E-state index contributed by atoms with van der Waals surface area (Å²) < 4.78 is 15.5. The molecule has 4 nitrogen and oxygen atoms in total. The predicted octanol–water partition coefficient (Wildman–Crippen LogP) is 1.39. The second-order valence-corrected chi connectivity index (χ2v) is 3.73. The molecule has 1 N–H and O–H groups in total. The van der Waals surface area contributed by atoms with Gasteiger partial charge in [-0.1, -0.05) is 6.07 Å². The number of ether oxygens (including phenoxy) is 3. The number of rotatable bonds is 8. The molecule has 0 spiro atoms. The molecule has 1 rings (SSSR count). The van der Waals surface area contributed by atoms with Crippen molar-refractivity contribution >= 4 is 0 Å². The summed E-state index contributed by atoms with van der Waals surface area (Å²) in [7, 11) is 3.31. The maximum absolute atomic E-state index is 9.17. The fourth-order valence-corrected chi connectivity index (χ4v) is 1.51. The number of methoxy groups -OCH3 is 2. The summed E-state index contributed by atoms with van der Waals surface area (Å²) in [4.78, 5) is 0. The van der Waals surface area contributed by atoms with E-state index in [4.69, 9.17) is 14.2 Å². The lowest BCUT2D eigenvalue weighted by Gasteiger charge is -2.10. The Labute approximate surface area is 102 Å². The lowest BCUT2D eigenvalue weighted by molar-refractivity contribution is 0.146. The Bertz CT molecular complexity index is 325. The summed E-state index contributed by atoms with van der Waals surface area (Å²) in [5, 5.41) is 9.17. The van der Waals surface area contributed by atoms with Crippen molar-refractivity contribution in [2.45, 2.75) is 13.0 Å². The van der Waals surface area contributed by atoms with Crippen LogP contribution in [0.4, 0.5) is 0 Å². The molecule has 4 heteroatoms. The van der Waals surface area contributed by atoms with Gasteiger partial charge in [0.1, 0.15) is 12.4 Å². The van der Waals surface area contributed by atoms with Gasteiger partial charge in [-0.2, -0.15) is 0 Å². The lowest BCUT2D eigenvalue weighted by Crippen LogP contribution is -2.05. The van der Waals surface area contributed by atoms with Gasteiger partial charge in [0.2, 0.25) is 0 Å². The third-order valence-electron chi connectivity index (χ3n) is 2.36. The van der Waals surface area contributed by atoms with Crippen molar-refractivity contribution in [1.29, 1.82) is 0 Å². The summed E-state index contributed by atoms with van der Waals surface area (Å²) in [6.45, 7) is 1.74. The zero-order valence-electron chi connectivity index (χ0n) is 10.4. The summed E-state index contributed by atoms with van der Waals surface area (Å²) in [6, 6.07) is 5.77. The van der Waals surface area contributed by atoms with E-state index in [1.807, 2.05) is 18.2 Å². The van der Waals surface area contributed by atoms with Crippen molar-refractivity contribution in [1.82, 2.24) is 0 Å². The number of aliphatic hydroxyl groups is 1. The van der Waals surface area contributed by atoms with Crippen molar-refractivity contribution in [3.05, 3.63) is 29.3 Å². The topological polar surface area (TPSA) is 47.9 Å². The highest BCUT2D eigenvalue weighted by Crippen LogP contribution is 2.18. The quantitative estimate of drug-likeness (QED) is 0.698. The van der Waals surface area contributed by atoms with Crippen molar-refractivity contribution < 1.29 is 19.3 Å². The van der Waals surface area contributed by atoms with E-state index >= 15 is 0 Å². The maximum Gasteiger partial charge on any atom is 0.120 e. The SMILES string of the molecule is COCCOc1cc(CO)cc(CCOC)c1. The molecule has 0 unspecified atom stereocenters. The molecule has 0 aliphatic carbocycles. The van der Waals surface area contributed by atoms with Gasteiger partial charge < -0.3 is 19.3 Å². The molecule has 0 saturated carbocycles. The first-order chi connectivity index (χ1) is 8.30. The Morgan fingerprint density at radius 2 is 1.65 bits per heavy atom. The number of hydrogen-bond donors (Lipinski definition) is 1. The minimum Gasteiger partial charge on any atom is -0.491 e. The van der Waals surface area contributed by atoms with Gasteiger partial charge in [0.15, 0.2) is 0 Å². The summed E-state index contributed by atoms with van der Waals surface area (Å²) in [6.07, 6.45) is 0.810. The summed E-state index contributed by atoms with van der Waals surface area (Å²) >= 11 is 0. The lowest BCUT2D eigenvalue weighted by atomic mass is 10.1. The van der Waals surface area contributed by atoms with E-state index in [9.17, 15) is 5.11 Å². The molecule has 0 radical (unpaired) electrons. The number of hydrogen-bond acceptors (Lipinski definition) is 4. The predicted molar refractivity (Wildman–Crippen MR) is 65.3 cm³/mol. The van der Waals surface area contributed by atoms with Gasteiger partial charge in [0, 0.05) is 14.2 Å². The average molecular weight is 240 g/mol. The van der Waals surface area contributed by atoms with Gasteiger partial charge in [0.05, 0.1) is 19.8 Å². The van der Waals surface area contributed by atoms with Crippen molar-refractivity contribution in [2.24, 2.45) is 0 Å². The van der Waals surface area contributed by atoms with Crippen molar-refractivity contribution in [3.8, 4) is 5.75 Å². The average Bonchev–Trinajstić information content (AvgIpc) is 2.36. The van der Waals surface area contributed by atoms with Crippen LogP contribution in [0.25, 0.3) is 0 Å². The highest BCUT2D eigenvalue weighted by molar-refractivity contribution is 5.34. The zero-order valence-corrected chi connectivity index (χ0v) is 10.4. The van der Waals surface area contributed by atoms with E-state index in [1.54, 1.807) is 14.2 Å². The van der Waals surface area contributed by atoms with Crippen LogP contribution in [0.15, 0.2) is 18.2 Å².